The minimum atomic E-state index is -0.0795. The number of hydrogen-bond donors (Lipinski definition) is 1. The molecule has 2 aromatic heterocycles. The Morgan fingerprint density at radius 3 is 2.68 bits per heavy atom. The van der Waals surface area contributed by atoms with Crippen LogP contribution >= 0.6 is 11.3 Å². The van der Waals surface area contributed by atoms with Crippen LogP contribution in [0.3, 0.4) is 0 Å². The van der Waals surface area contributed by atoms with Gasteiger partial charge in [-0.3, -0.25) is 9.59 Å². The molecule has 6 heteroatoms. The summed E-state index contributed by atoms with van der Waals surface area (Å²) in [5.41, 5.74) is 4.76. The lowest BCUT2D eigenvalue weighted by molar-refractivity contribution is 0.0696. The number of piperidine rings is 1. The summed E-state index contributed by atoms with van der Waals surface area (Å²) in [4.78, 5) is 29.8. The highest BCUT2D eigenvalue weighted by atomic mass is 32.1. The van der Waals surface area contributed by atoms with Gasteiger partial charge in [0.05, 0.1) is 17.2 Å². The van der Waals surface area contributed by atoms with Crippen molar-refractivity contribution in [2.75, 3.05) is 13.1 Å². The van der Waals surface area contributed by atoms with Crippen molar-refractivity contribution in [3.63, 3.8) is 0 Å². The molecular formula is C28H27N3O2S. The number of amides is 2. The molecule has 1 aliphatic heterocycles. The third-order valence-corrected chi connectivity index (χ3v) is 8.35. The molecule has 1 saturated heterocycles. The Morgan fingerprint density at radius 2 is 1.85 bits per heavy atom. The van der Waals surface area contributed by atoms with Gasteiger partial charge >= 0.3 is 0 Å². The predicted molar refractivity (Wildman–Crippen MR) is 136 cm³/mol. The number of benzene rings is 2. The van der Waals surface area contributed by atoms with Crippen molar-refractivity contribution in [2.45, 2.75) is 19.4 Å². The Balaban J connectivity index is 1.21. The van der Waals surface area contributed by atoms with E-state index in [0.717, 1.165) is 39.9 Å². The van der Waals surface area contributed by atoms with Gasteiger partial charge in [-0.2, -0.15) is 0 Å². The van der Waals surface area contributed by atoms with Gasteiger partial charge in [0.15, 0.2) is 0 Å². The zero-order valence-electron chi connectivity index (χ0n) is 19.3. The molecule has 1 aliphatic carbocycles. The van der Waals surface area contributed by atoms with Gasteiger partial charge in [-0.25, -0.2) is 0 Å². The van der Waals surface area contributed by atoms with E-state index in [9.17, 15) is 9.59 Å². The minimum absolute atomic E-state index is 0.0437. The van der Waals surface area contributed by atoms with E-state index in [2.05, 4.69) is 36.5 Å². The number of fused-ring (bicyclic) bond motifs is 2. The van der Waals surface area contributed by atoms with Crippen molar-refractivity contribution in [2.24, 2.45) is 18.9 Å². The lowest BCUT2D eigenvalue weighted by Gasteiger charge is -2.28. The molecule has 0 radical (unpaired) electrons. The van der Waals surface area contributed by atoms with Crippen LogP contribution in [-0.2, 0) is 7.05 Å². The second-order valence-electron chi connectivity index (χ2n) is 9.59. The molecule has 5 nitrogen and oxygen atoms in total. The number of carbonyl (C=O) groups is 2. The molecule has 34 heavy (non-hydrogen) atoms. The van der Waals surface area contributed by atoms with Gasteiger partial charge in [0.2, 0.25) is 0 Å². The largest absolute Gasteiger partial charge is 0.350 e. The maximum absolute atomic E-state index is 13.7. The lowest BCUT2D eigenvalue weighted by Crippen LogP contribution is -2.45. The van der Waals surface area contributed by atoms with Crippen LogP contribution in [0.2, 0.25) is 0 Å². The van der Waals surface area contributed by atoms with Crippen molar-refractivity contribution in [3.05, 3.63) is 82.9 Å². The van der Waals surface area contributed by atoms with Crippen LogP contribution in [0.25, 0.3) is 21.3 Å². The Labute approximate surface area is 203 Å². The first-order valence-electron chi connectivity index (χ1n) is 11.8. The number of aromatic nitrogens is 1. The monoisotopic (exact) mass is 469 g/mol. The number of hydrogen-bond acceptors (Lipinski definition) is 3. The van der Waals surface area contributed by atoms with Crippen LogP contribution in [0.1, 0.15) is 32.7 Å². The van der Waals surface area contributed by atoms with Crippen molar-refractivity contribution in [1.82, 2.24) is 14.8 Å². The number of nitrogens with one attached hydrogen (secondary N) is 1. The zero-order valence-corrected chi connectivity index (χ0v) is 20.1. The fourth-order valence-corrected chi connectivity index (χ4v) is 6.34. The number of thiophene rings is 1. The Kier molecular flexibility index (Phi) is 5.06. The summed E-state index contributed by atoms with van der Waals surface area (Å²) in [5, 5.41) is 6.09. The summed E-state index contributed by atoms with van der Waals surface area (Å²) in [6.07, 6.45) is 3.03. The quantitative estimate of drug-likeness (QED) is 0.442. The van der Waals surface area contributed by atoms with Gasteiger partial charge in [0, 0.05) is 42.1 Å². The maximum Gasteiger partial charge on any atom is 0.255 e. The number of para-hydroxylation sites is 1. The molecule has 2 fully saturated rings. The van der Waals surface area contributed by atoms with E-state index >= 15 is 0 Å². The Hall–Kier alpha value is -3.38. The molecule has 4 aromatic rings. The van der Waals surface area contributed by atoms with Gasteiger partial charge < -0.3 is 14.8 Å². The fourth-order valence-electron chi connectivity index (χ4n) is 5.44. The Morgan fingerprint density at radius 1 is 1.06 bits per heavy atom. The summed E-state index contributed by atoms with van der Waals surface area (Å²) in [6, 6.07) is 18.3. The highest BCUT2D eigenvalue weighted by Gasteiger charge is 2.54. The molecule has 1 saturated carbocycles. The fraction of sp³-hybridized carbons (Fsp3) is 0.286. The van der Waals surface area contributed by atoms with Crippen LogP contribution < -0.4 is 5.32 Å². The van der Waals surface area contributed by atoms with Crippen LogP contribution in [0.5, 0.6) is 0 Å². The summed E-state index contributed by atoms with van der Waals surface area (Å²) in [5.74, 6) is 1.04. The topological polar surface area (TPSA) is 54.3 Å². The second kappa shape index (κ2) is 8.13. The molecule has 0 bridgehead atoms. The molecule has 172 valence electrons. The van der Waals surface area contributed by atoms with Gasteiger partial charge in [0.1, 0.15) is 0 Å². The number of nitrogens with zero attached hydrogens (tertiary/aromatic N) is 2. The normalized spacial score (nSPS) is 21.0. The van der Waals surface area contributed by atoms with Crippen LogP contribution in [0.15, 0.2) is 66.2 Å². The van der Waals surface area contributed by atoms with E-state index in [1.54, 1.807) is 11.3 Å². The van der Waals surface area contributed by atoms with E-state index in [4.69, 9.17) is 0 Å². The smallest absolute Gasteiger partial charge is 0.255 e. The van der Waals surface area contributed by atoms with E-state index in [-0.39, 0.29) is 17.9 Å². The van der Waals surface area contributed by atoms with Gasteiger partial charge in [-0.1, -0.05) is 48.0 Å². The molecule has 2 aliphatic rings. The second-order valence-corrected chi connectivity index (χ2v) is 10.5. The third kappa shape index (κ3) is 3.53. The minimum Gasteiger partial charge on any atom is -0.350 e. The first-order valence-corrected chi connectivity index (χ1v) is 12.7. The van der Waals surface area contributed by atoms with E-state index in [1.165, 1.54) is 5.56 Å². The average Bonchev–Trinajstić information content (AvgIpc) is 3.18. The zero-order chi connectivity index (χ0) is 23.4. The standard InChI is InChI=1S/C28H27N3O2S/c1-17-7-9-18(10-8-17)26-21(11-12-34-26)28(33)31-15-19-13-22(19)25(31)14-29-27(32)23-16-30(2)24-6-4-3-5-20(23)24/h3-12,16,19,22,25H,13-15H2,1-2H3,(H,29,32)/t19-,22-,25+/m0/s1. The summed E-state index contributed by atoms with van der Waals surface area (Å²) in [6.45, 7) is 3.33. The van der Waals surface area contributed by atoms with E-state index in [1.807, 2.05) is 58.4 Å². The number of likely N-dealkylation sites (tertiary alicyclic amines) is 1. The highest BCUT2D eigenvalue weighted by molar-refractivity contribution is 7.14. The van der Waals surface area contributed by atoms with Gasteiger partial charge in [0.25, 0.3) is 11.8 Å². The van der Waals surface area contributed by atoms with Gasteiger partial charge in [-0.15, -0.1) is 11.3 Å². The summed E-state index contributed by atoms with van der Waals surface area (Å²) >= 11 is 1.61. The van der Waals surface area contributed by atoms with Crippen molar-refractivity contribution < 1.29 is 9.59 Å². The van der Waals surface area contributed by atoms with Crippen molar-refractivity contribution in [3.8, 4) is 10.4 Å². The molecule has 2 aromatic carbocycles. The SMILES string of the molecule is Cc1ccc(-c2sccc2C(=O)N2C[C@@H]3C[C@@H]3[C@H]2CNC(=O)c2cn(C)c3ccccc23)cc1. The molecule has 0 spiro atoms. The third-order valence-electron chi connectivity index (χ3n) is 7.39. The maximum atomic E-state index is 13.7. The van der Waals surface area contributed by atoms with Crippen molar-refractivity contribution >= 4 is 34.1 Å². The molecule has 0 unspecified atom stereocenters. The summed E-state index contributed by atoms with van der Waals surface area (Å²) in [7, 11) is 1.96. The average molecular weight is 470 g/mol. The van der Waals surface area contributed by atoms with E-state index in [0.29, 0.717) is 23.9 Å². The number of carbonyl (C=O) groups excluding carboxylic acids is 2. The molecule has 2 amide bonds. The molecule has 6 rings (SSSR count). The molecule has 3 atom stereocenters. The van der Waals surface area contributed by atoms with Crippen LogP contribution in [0.4, 0.5) is 0 Å². The highest BCUT2D eigenvalue weighted by Crippen LogP contribution is 2.50. The molecular weight excluding hydrogens is 442 g/mol. The molecule has 3 heterocycles. The lowest BCUT2D eigenvalue weighted by atomic mass is 10.1. The summed E-state index contributed by atoms with van der Waals surface area (Å²) < 4.78 is 1.98. The van der Waals surface area contributed by atoms with Crippen LogP contribution in [-0.4, -0.2) is 40.4 Å². The Bertz CT molecular complexity index is 1400. The van der Waals surface area contributed by atoms with Crippen LogP contribution in [0, 0.1) is 18.8 Å². The first kappa shape index (κ1) is 21.2. The predicted octanol–water partition coefficient (Wildman–Crippen LogP) is 5.11. The first-order chi connectivity index (χ1) is 16.5. The number of aryl methyl sites for hydroxylation is 2. The van der Waals surface area contributed by atoms with E-state index < -0.39 is 0 Å². The van der Waals surface area contributed by atoms with Crippen molar-refractivity contribution in [1.29, 1.82) is 0 Å². The van der Waals surface area contributed by atoms with Gasteiger partial charge in [-0.05, 0) is 48.3 Å². The molecule has 1 N–H and O–H groups in total. The number of rotatable bonds is 5.